The summed E-state index contributed by atoms with van der Waals surface area (Å²) < 4.78 is 1.82. The number of fused-ring (bicyclic) bond motifs is 3. The predicted molar refractivity (Wildman–Crippen MR) is 112 cm³/mol. The zero-order valence-corrected chi connectivity index (χ0v) is 15.5. The minimum Gasteiger partial charge on any atom is -0.365 e. The number of para-hydroxylation sites is 1. The molecule has 0 bridgehead atoms. The van der Waals surface area contributed by atoms with Crippen molar-refractivity contribution < 1.29 is 0 Å². The number of benzene rings is 3. The van der Waals surface area contributed by atoms with E-state index in [0.29, 0.717) is 6.54 Å². The molecule has 136 valence electrons. The molecule has 0 aliphatic heterocycles. The van der Waals surface area contributed by atoms with Crippen LogP contribution in [0.3, 0.4) is 0 Å². The fourth-order valence-electron chi connectivity index (χ4n) is 3.38. The van der Waals surface area contributed by atoms with E-state index in [0.717, 1.165) is 33.6 Å². The molecule has 0 saturated heterocycles. The predicted octanol–water partition coefficient (Wildman–Crippen LogP) is 4.87. The molecule has 1 N–H and O–H groups in total. The van der Waals surface area contributed by atoms with E-state index in [1.807, 2.05) is 40.9 Å². The standard InChI is InChI=1S/C23H19N5/c1-16-11-13-18(14-12-16)21-23-25-22(24-15-17-7-3-2-4-8-17)19-9-5-6-10-20(19)28(23)27-26-21/h2-14H,15H2,1H3,(H,24,25). The molecule has 28 heavy (non-hydrogen) atoms. The summed E-state index contributed by atoms with van der Waals surface area (Å²) in [7, 11) is 0. The molecule has 0 aliphatic rings. The number of hydrogen-bond acceptors (Lipinski definition) is 4. The molecule has 0 amide bonds. The van der Waals surface area contributed by atoms with Crippen molar-refractivity contribution in [1.82, 2.24) is 19.8 Å². The molecule has 0 atom stereocenters. The Morgan fingerprint density at radius 1 is 0.857 bits per heavy atom. The van der Waals surface area contributed by atoms with Gasteiger partial charge in [0.1, 0.15) is 11.5 Å². The third-order valence-corrected chi connectivity index (χ3v) is 4.88. The van der Waals surface area contributed by atoms with Crippen molar-refractivity contribution in [3.8, 4) is 11.3 Å². The number of anilines is 1. The highest BCUT2D eigenvalue weighted by molar-refractivity contribution is 5.93. The number of nitrogens with one attached hydrogen (secondary N) is 1. The maximum absolute atomic E-state index is 4.90. The Balaban J connectivity index is 1.65. The van der Waals surface area contributed by atoms with Gasteiger partial charge in [-0.15, -0.1) is 5.10 Å². The van der Waals surface area contributed by atoms with Crippen LogP contribution in [0.5, 0.6) is 0 Å². The first kappa shape index (κ1) is 16.4. The summed E-state index contributed by atoms with van der Waals surface area (Å²) in [6, 6.07) is 26.7. The lowest BCUT2D eigenvalue weighted by molar-refractivity contribution is 0.876. The largest absolute Gasteiger partial charge is 0.365 e. The highest BCUT2D eigenvalue weighted by Gasteiger charge is 2.15. The monoisotopic (exact) mass is 365 g/mol. The van der Waals surface area contributed by atoms with Crippen LogP contribution in [0.2, 0.25) is 0 Å². The third kappa shape index (κ3) is 2.87. The van der Waals surface area contributed by atoms with Crippen LogP contribution in [0.4, 0.5) is 5.82 Å². The molecule has 0 spiro atoms. The Hall–Kier alpha value is -3.73. The fraction of sp³-hybridized carbons (Fsp3) is 0.0870. The zero-order valence-electron chi connectivity index (χ0n) is 15.5. The van der Waals surface area contributed by atoms with E-state index < -0.39 is 0 Å². The maximum Gasteiger partial charge on any atom is 0.186 e. The minimum atomic E-state index is 0.704. The van der Waals surface area contributed by atoms with Gasteiger partial charge in [0.15, 0.2) is 5.65 Å². The van der Waals surface area contributed by atoms with Crippen molar-refractivity contribution in [2.45, 2.75) is 13.5 Å². The van der Waals surface area contributed by atoms with E-state index in [9.17, 15) is 0 Å². The van der Waals surface area contributed by atoms with Crippen LogP contribution >= 0.6 is 0 Å². The quantitative estimate of drug-likeness (QED) is 0.494. The van der Waals surface area contributed by atoms with E-state index in [4.69, 9.17) is 4.98 Å². The summed E-state index contributed by atoms with van der Waals surface area (Å²) in [6.07, 6.45) is 0. The van der Waals surface area contributed by atoms with Crippen molar-refractivity contribution in [1.29, 1.82) is 0 Å². The lowest BCUT2D eigenvalue weighted by atomic mass is 10.1. The Kier molecular flexibility index (Phi) is 3.98. The highest BCUT2D eigenvalue weighted by Crippen LogP contribution is 2.28. The fourth-order valence-corrected chi connectivity index (χ4v) is 3.38. The van der Waals surface area contributed by atoms with Crippen molar-refractivity contribution in [2.24, 2.45) is 0 Å². The highest BCUT2D eigenvalue weighted by atomic mass is 15.4. The van der Waals surface area contributed by atoms with Crippen molar-refractivity contribution in [2.75, 3.05) is 5.32 Å². The van der Waals surface area contributed by atoms with E-state index in [1.54, 1.807) is 0 Å². The smallest absolute Gasteiger partial charge is 0.186 e. The van der Waals surface area contributed by atoms with Crippen molar-refractivity contribution in [3.63, 3.8) is 0 Å². The van der Waals surface area contributed by atoms with Gasteiger partial charge in [-0.1, -0.05) is 77.5 Å². The summed E-state index contributed by atoms with van der Waals surface area (Å²) in [5.41, 5.74) is 5.94. The first-order valence-corrected chi connectivity index (χ1v) is 9.28. The van der Waals surface area contributed by atoms with Gasteiger partial charge < -0.3 is 5.32 Å². The summed E-state index contributed by atoms with van der Waals surface area (Å²) in [6.45, 7) is 2.78. The molecular weight excluding hydrogens is 346 g/mol. The summed E-state index contributed by atoms with van der Waals surface area (Å²) >= 11 is 0. The topological polar surface area (TPSA) is 55.1 Å². The number of hydrogen-bond donors (Lipinski definition) is 1. The van der Waals surface area contributed by atoms with Crippen LogP contribution < -0.4 is 5.32 Å². The van der Waals surface area contributed by atoms with E-state index >= 15 is 0 Å². The van der Waals surface area contributed by atoms with Crippen LogP contribution in [0.1, 0.15) is 11.1 Å². The van der Waals surface area contributed by atoms with Crippen LogP contribution in [-0.4, -0.2) is 19.8 Å². The van der Waals surface area contributed by atoms with Gasteiger partial charge in [0.05, 0.1) is 5.52 Å². The molecule has 5 rings (SSSR count). The van der Waals surface area contributed by atoms with Crippen LogP contribution in [0.25, 0.3) is 27.8 Å². The van der Waals surface area contributed by atoms with Crippen molar-refractivity contribution >= 4 is 22.4 Å². The molecule has 3 aromatic carbocycles. The number of nitrogens with zero attached hydrogens (tertiary/aromatic N) is 4. The SMILES string of the molecule is Cc1ccc(-c2nnn3c2nc(NCc2ccccc2)c2ccccc23)cc1. The van der Waals surface area contributed by atoms with Gasteiger partial charge in [0, 0.05) is 17.5 Å². The lowest BCUT2D eigenvalue weighted by Crippen LogP contribution is -2.04. The van der Waals surface area contributed by atoms with E-state index in [2.05, 4.69) is 65.0 Å². The Bertz CT molecular complexity index is 1260. The van der Waals surface area contributed by atoms with Crippen LogP contribution in [0.15, 0.2) is 78.9 Å². The van der Waals surface area contributed by atoms with Gasteiger partial charge in [0.2, 0.25) is 0 Å². The van der Waals surface area contributed by atoms with Crippen LogP contribution in [0, 0.1) is 6.92 Å². The van der Waals surface area contributed by atoms with Gasteiger partial charge in [0.25, 0.3) is 0 Å². The average Bonchev–Trinajstić information content (AvgIpc) is 3.17. The summed E-state index contributed by atoms with van der Waals surface area (Å²) in [5, 5.41) is 13.3. The van der Waals surface area contributed by atoms with Gasteiger partial charge in [-0.05, 0) is 24.6 Å². The second-order valence-corrected chi connectivity index (χ2v) is 6.86. The average molecular weight is 365 g/mol. The zero-order chi connectivity index (χ0) is 18.9. The second-order valence-electron chi connectivity index (χ2n) is 6.86. The van der Waals surface area contributed by atoms with Crippen molar-refractivity contribution in [3.05, 3.63) is 90.0 Å². The molecule has 0 fully saturated rings. The summed E-state index contributed by atoms with van der Waals surface area (Å²) in [5.74, 6) is 0.836. The molecule has 2 aromatic heterocycles. The first-order valence-electron chi connectivity index (χ1n) is 9.28. The molecular formula is C23H19N5. The molecule has 5 heteroatoms. The van der Waals surface area contributed by atoms with E-state index in [-0.39, 0.29) is 0 Å². The second kappa shape index (κ2) is 6.78. The first-order chi connectivity index (χ1) is 13.8. The molecule has 0 saturated carbocycles. The van der Waals surface area contributed by atoms with Gasteiger partial charge in [-0.3, -0.25) is 0 Å². The normalized spacial score (nSPS) is 11.2. The minimum absolute atomic E-state index is 0.704. The maximum atomic E-state index is 4.90. The molecule has 5 aromatic rings. The molecule has 2 heterocycles. The lowest BCUT2D eigenvalue weighted by Gasteiger charge is -2.10. The molecule has 5 nitrogen and oxygen atoms in total. The van der Waals surface area contributed by atoms with Gasteiger partial charge >= 0.3 is 0 Å². The number of aryl methyl sites for hydroxylation is 1. The Morgan fingerprint density at radius 3 is 2.43 bits per heavy atom. The molecule has 0 radical (unpaired) electrons. The third-order valence-electron chi connectivity index (χ3n) is 4.88. The van der Waals surface area contributed by atoms with Gasteiger partial charge in [-0.25, -0.2) is 4.98 Å². The van der Waals surface area contributed by atoms with E-state index in [1.165, 1.54) is 11.1 Å². The summed E-state index contributed by atoms with van der Waals surface area (Å²) in [4.78, 5) is 4.90. The van der Waals surface area contributed by atoms with Gasteiger partial charge in [-0.2, -0.15) is 4.52 Å². The van der Waals surface area contributed by atoms with Crippen LogP contribution in [-0.2, 0) is 6.54 Å². The molecule has 0 unspecified atom stereocenters. The Morgan fingerprint density at radius 2 is 1.61 bits per heavy atom. The number of aromatic nitrogens is 4. The number of rotatable bonds is 4. The molecule has 0 aliphatic carbocycles. The Labute approximate surface area is 162 Å².